The molecule has 0 fully saturated rings. The van der Waals surface area contributed by atoms with E-state index in [0.29, 0.717) is 6.04 Å². The normalized spacial score (nSPS) is 12.7. The zero-order valence-corrected chi connectivity index (χ0v) is 11.5. The van der Waals surface area contributed by atoms with Gasteiger partial charge in [0.05, 0.1) is 0 Å². The monoisotopic (exact) mass is 235 g/mol. The molecule has 1 unspecified atom stereocenters. The maximum atomic E-state index is 5.38. The summed E-state index contributed by atoms with van der Waals surface area (Å²) in [5, 5.41) is 3.39. The van der Waals surface area contributed by atoms with Crippen LogP contribution in [-0.4, -0.2) is 20.3 Å². The van der Waals surface area contributed by atoms with Gasteiger partial charge in [-0.1, -0.05) is 18.2 Å². The largest absolute Gasteiger partial charge is 0.382 e. The molecule has 2 heteroatoms. The van der Waals surface area contributed by atoms with Gasteiger partial charge >= 0.3 is 0 Å². The molecule has 0 aliphatic carbocycles. The Morgan fingerprint density at radius 2 is 2.00 bits per heavy atom. The highest BCUT2D eigenvalue weighted by Crippen LogP contribution is 2.20. The van der Waals surface area contributed by atoms with Crippen molar-refractivity contribution in [2.75, 3.05) is 20.3 Å². The van der Waals surface area contributed by atoms with E-state index < -0.39 is 0 Å². The molecule has 0 saturated heterocycles. The van der Waals surface area contributed by atoms with Crippen LogP contribution in [0, 0.1) is 13.8 Å². The van der Waals surface area contributed by atoms with Gasteiger partial charge in [0.2, 0.25) is 0 Å². The van der Waals surface area contributed by atoms with Crippen molar-refractivity contribution in [2.24, 2.45) is 0 Å². The molecule has 1 atom stereocenters. The van der Waals surface area contributed by atoms with Crippen molar-refractivity contribution in [3.8, 4) is 0 Å². The quantitative estimate of drug-likeness (QED) is 0.732. The molecule has 0 aromatic heterocycles. The lowest BCUT2D eigenvalue weighted by atomic mass is 9.98. The number of hydrogen-bond donors (Lipinski definition) is 1. The Hall–Kier alpha value is -0.860. The molecule has 0 radical (unpaired) electrons. The zero-order chi connectivity index (χ0) is 12.7. The van der Waals surface area contributed by atoms with Crippen molar-refractivity contribution < 1.29 is 4.74 Å². The van der Waals surface area contributed by atoms with Crippen LogP contribution in [-0.2, 0) is 4.74 Å². The Labute approximate surface area is 105 Å². The van der Waals surface area contributed by atoms with E-state index in [4.69, 9.17) is 4.74 Å². The van der Waals surface area contributed by atoms with Crippen molar-refractivity contribution in [3.05, 3.63) is 34.9 Å². The standard InChI is InChI=1S/C15H25NO/c1-5-17-10-6-7-15(16-4)14-9-8-12(2)13(3)11-14/h8-9,11,15-16H,5-7,10H2,1-4H3. The van der Waals surface area contributed by atoms with Crippen LogP contribution in [0.3, 0.4) is 0 Å². The second-order valence-corrected chi connectivity index (χ2v) is 4.52. The van der Waals surface area contributed by atoms with Gasteiger partial charge in [0.1, 0.15) is 0 Å². The fourth-order valence-corrected chi connectivity index (χ4v) is 1.99. The van der Waals surface area contributed by atoms with E-state index >= 15 is 0 Å². The van der Waals surface area contributed by atoms with Crippen LogP contribution in [0.25, 0.3) is 0 Å². The third kappa shape index (κ3) is 4.49. The Morgan fingerprint density at radius 1 is 1.24 bits per heavy atom. The van der Waals surface area contributed by atoms with Crippen molar-refractivity contribution in [2.45, 2.75) is 39.7 Å². The second kappa shape index (κ2) is 7.46. The predicted molar refractivity (Wildman–Crippen MR) is 73.4 cm³/mol. The summed E-state index contributed by atoms with van der Waals surface area (Å²) in [6.45, 7) is 8.04. The third-order valence-corrected chi connectivity index (χ3v) is 3.27. The first-order chi connectivity index (χ1) is 8.19. The first kappa shape index (κ1) is 14.2. The Balaban J connectivity index is 2.56. The van der Waals surface area contributed by atoms with Crippen LogP contribution in [0.15, 0.2) is 18.2 Å². The van der Waals surface area contributed by atoms with Crippen LogP contribution in [0.4, 0.5) is 0 Å². The number of ether oxygens (including phenoxy) is 1. The van der Waals surface area contributed by atoms with E-state index in [-0.39, 0.29) is 0 Å². The predicted octanol–water partition coefficient (Wildman–Crippen LogP) is 3.38. The molecule has 0 amide bonds. The fourth-order valence-electron chi connectivity index (χ4n) is 1.99. The molecule has 0 bridgehead atoms. The van der Waals surface area contributed by atoms with E-state index in [2.05, 4.69) is 37.4 Å². The minimum Gasteiger partial charge on any atom is -0.382 e. The molecule has 2 nitrogen and oxygen atoms in total. The minimum absolute atomic E-state index is 0.440. The summed E-state index contributed by atoms with van der Waals surface area (Å²) in [4.78, 5) is 0. The van der Waals surface area contributed by atoms with Crippen molar-refractivity contribution in [1.29, 1.82) is 0 Å². The van der Waals surface area contributed by atoms with Gasteiger partial charge < -0.3 is 10.1 Å². The summed E-state index contributed by atoms with van der Waals surface area (Å²) < 4.78 is 5.38. The van der Waals surface area contributed by atoms with E-state index in [1.807, 2.05) is 14.0 Å². The highest BCUT2D eigenvalue weighted by molar-refractivity contribution is 5.31. The van der Waals surface area contributed by atoms with Crippen LogP contribution in [0.2, 0.25) is 0 Å². The number of benzene rings is 1. The highest BCUT2D eigenvalue weighted by Gasteiger charge is 2.09. The van der Waals surface area contributed by atoms with Gasteiger partial charge in [-0.05, 0) is 57.4 Å². The summed E-state index contributed by atoms with van der Waals surface area (Å²) in [6, 6.07) is 7.16. The fraction of sp³-hybridized carbons (Fsp3) is 0.600. The number of rotatable bonds is 7. The summed E-state index contributed by atoms with van der Waals surface area (Å²) in [5.74, 6) is 0. The van der Waals surface area contributed by atoms with Crippen LogP contribution < -0.4 is 5.32 Å². The average Bonchev–Trinajstić information content (AvgIpc) is 2.33. The molecule has 0 heterocycles. The first-order valence-corrected chi connectivity index (χ1v) is 6.51. The molecule has 0 aliphatic rings. The molecule has 1 aromatic carbocycles. The van der Waals surface area contributed by atoms with Gasteiger partial charge in [-0.2, -0.15) is 0 Å². The van der Waals surface area contributed by atoms with Crippen molar-refractivity contribution in [3.63, 3.8) is 0 Å². The minimum atomic E-state index is 0.440. The number of nitrogens with one attached hydrogen (secondary N) is 1. The molecule has 0 saturated carbocycles. The maximum absolute atomic E-state index is 5.38. The van der Waals surface area contributed by atoms with Gasteiger partial charge in [0, 0.05) is 19.3 Å². The van der Waals surface area contributed by atoms with Gasteiger partial charge in [0.15, 0.2) is 0 Å². The molecule has 1 N–H and O–H groups in total. The molecular weight excluding hydrogens is 210 g/mol. The topological polar surface area (TPSA) is 21.3 Å². The molecule has 0 aliphatic heterocycles. The summed E-state index contributed by atoms with van der Waals surface area (Å²) in [5.41, 5.74) is 4.11. The van der Waals surface area contributed by atoms with E-state index in [0.717, 1.165) is 26.1 Å². The summed E-state index contributed by atoms with van der Waals surface area (Å²) in [7, 11) is 2.03. The summed E-state index contributed by atoms with van der Waals surface area (Å²) >= 11 is 0. The Bertz CT molecular complexity index is 336. The molecular formula is C15H25NO. The highest BCUT2D eigenvalue weighted by atomic mass is 16.5. The first-order valence-electron chi connectivity index (χ1n) is 6.51. The lowest BCUT2D eigenvalue weighted by Crippen LogP contribution is -2.17. The van der Waals surface area contributed by atoms with E-state index in [9.17, 15) is 0 Å². The molecule has 17 heavy (non-hydrogen) atoms. The molecule has 0 spiro atoms. The lowest BCUT2D eigenvalue weighted by Gasteiger charge is -2.17. The lowest BCUT2D eigenvalue weighted by molar-refractivity contribution is 0.141. The van der Waals surface area contributed by atoms with Crippen LogP contribution in [0.5, 0.6) is 0 Å². The smallest absolute Gasteiger partial charge is 0.0466 e. The second-order valence-electron chi connectivity index (χ2n) is 4.52. The summed E-state index contributed by atoms with van der Waals surface area (Å²) in [6.07, 6.45) is 2.23. The Kier molecular flexibility index (Phi) is 6.23. The number of hydrogen-bond acceptors (Lipinski definition) is 2. The van der Waals surface area contributed by atoms with Gasteiger partial charge in [-0.15, -0.1) is 0 Å². The average molecular weight is 235 g/mol. The van der Waals surface area contributed by atoms with Gasteiger partial charge in [0.25, 0.3) is 0 Å². The Morgan fingerprint density at radius 3 is 2.59 bits per heavy atom. The van der Waals surface area contributed by atoms with Crippen molar-refractivity contribution in [1.82, 2.24) is 5.32 Å². The third-order valence-electron chi connectivity index (χ3n) is 3.27. The molecule has 96 valence electrons. The van der Waals surface area contributed by atoms with E-state index in [1.54, 1.807) is 0 Å². The maximum Gasteiger partial charge on any atom is 0.0466 e. The molecule has 1 rings (SSSR count). The van der Waals surface area contributed by atoms with Gasteiger partial charge in [-0.25, -0.2) is 0 Å². The van der Waals surface area contributed by atoms with E-state index in [1.165, 1.54) is 16.7 Å². The van der Waals surface area contributed by atoms with Crippen LogP contribution >= 0.6 is 0 Å². The molecule has 1 aromatic rings. The van der Waals surface area contributed by atoms with Crippen molar-refractivity contribution >= 4 is 0 Å². The zero-order valence-electron chi connectivity index (χ0n) is 11.5. The van der Waals surface area contributed by atoms with Gasteiger partial charge in [-0.3, -0.25) is 0 Å². The van der Waals surface area contributed by atoms with Crippen LogP contribution in [0.1, 0.15) is 42.5 Å². The SMILES string of the molecule is CCOCCCC(NC)c1ccc(C)c(C)c1. The number of aryl methyl sites for hydroxylation is 2.